The van der Waals surface area contributed by atoms with E-state index in [1.165, 1.54) is 13.3 Å². The fourth-order valence-corrected chi connectivity index (χ4v) is 2.69. The number of likely N-dealkylation sites (tertiary alicyclic amines) is 1. The lowest BCUT2D eigenvalue weighted by Gasteiger charge is -2.34. The molecule has 0 radical (unpaired) electrons. The van der Waals surface area contributed by atoms with Crippen LogP contribution >= 0.6 is 0 Å². The van der Waals surface area contributed by atoms with E-state index in [-0.39, 0.29) is 5.91 Å². The fraction of sp³-hybridized carbons (Fsp3) is 0.500. The van der Waals surface area contributed by atoms with Crippen LogP contribution in [0.3, 0.4) is 0 Å². The van der Waals surface area contributed by atoms with Gasteiger partial charge in [-0.3, -0.25) is 14.5 Å². The van der Waals surface area contributed by atoms with Crippen molar-refractivity contribution in [3.63, 3.8) is 0 Å². The molecule has 1 heterocycles. The first-order valence-electron chi connectivity index (χ1n) is 7.42. The van der Waals surface area contributed by atoms with Crippen LogP contribution in [0.5, 0.6) is 0 Å². The number of piperidine rings is 1. The second-order valence-electron chi connectivity index (χ2n) is 5.48. The number of carbonyl (C=O) groups excluding carboxylic acids is 1. The molecule has 0 saturated carbocycles. The van der Waals surface area contributed by atoms with Crippen molar-refractivity contribution in [1.29, 1.82) is 0 Å². The zero-order valence-electron chi connectivity index (χ0n) is 12.3. The molecular formula is C16H22N2O3. The molecule has 1 saturated heterocycles. The number of carboxylic acid groups (broad SMARTS) is 1. The van der Waals surface area contributed by atoms with Crippen molar-refractivity contribution in [3.05, 3.63) is 35.9 Å². The summed E-state index contributed by atoms with van der Waals surface area (Å²) in [6.45, 7) is 3.22. The number of rotatable bonds is 5. The van der Waals surface area contributed by atoms with E-state index < -0.39 is 18.1 Å². The zero-order chi connectivity index (χ0) is 15.2. The van der Waals surface area contributed by atoms with Gasteiger partial charge < -0.3 is 10.4 Å². The van der Waals surface area contributed by atoms with Gasteiger partial charge >= 0.3 is 5.97 Å². The molecule has 114 valence electrons. The Bertz CT molecular complexity index is 484. The molecule has 2 N–H and O–H groups in total. The molecule has 21 heavy (non-hydrogen) atoms. The van der Waals surface area contributed by atoms with E-state index >= 15 is 0 Å². The average Bonchev–Trinajstić information content (AvgIpc) is 2.49. The normalized spacial score (nSPS) is 18.7. The van der Waals surface area contributed by atoms with Gasteiger partial charge in [0, 0.05) is 0 Å². The summed E-state index contributed by atoms with van der Waals surface area (Å²) in [6, 6.07) is 8.27. The number of benzene rings is 1. The molecule has 2 atom stereocenters. The average molecular weight is 290 g/mol. The molecular weight excluding hydrogens is 268 g/mol. The maximum Gasteiger partial charge on any atom is 0.325 e. The van der Waals surface area contributed by atoms with Crippen LogP contribution in [0.1, 0.15) is 37.8 Å². The maximum absolute atomic E-state index is 12.5. The van der Waals surface area contributed by atoms with Crippen molar-refractivity contribution in [3.8, 4) is 0 Å². The van der Waals surface area contributed by atoms with Crippen LogP contribution in [-0.4, -0.2) is 41.0 Å². The minimum absolute atomic E-state index is 0.238. The number of carbonyl (C=O) groups is 2. The Hall–Kier alpha value is -1.88. The molecule has 1 aromatic carbocycles. The summed E-state index contributed by atoms with van der Waals surface area (Å²) in [4.78, 5) is 25.6. The number of nitrogens with zero attached hydrogens (tertiary/aromatic N) is 1. The van der Waals surface area contributed by atoms with E-state index in [0.29, 0.717) is 0 Å². The van der Waals surface area contributed by atoms with Crippen molar-refractivity contribution >= 4 is 11.9 Å². The first-order valence-corrected chi connectivity index (χ1v) is 7.42. The second kappa shape index (κ2) is 7.22. The van der Waals surface area contributed by atoms with Gasteiger partial charge in [-0.1, -0.05) is 36.8 Å². The summed E-state index contributed by atoms with van der Waals surface area (Å²) in [6.07, 6.45) is 3.33. The molecule has 1 amide bonds. The third kappa shape index (κ3) is 4.04. The summed E-state index contributed by atoms with van der Waals surface area (Å²) in [5, 5.41) is 11.6. The van der Waals surface area contributed by atoms with Gasteiger partial charge in [0.25, 0.3) is 0 Å². The quantitative estimate of drug-likeness (QED) is 0.867. The zero-order valence-corrected chi connectivity index (χ0v) is 12.3. The van der Waals surface area contributed by atoms with Crippen LogP contribution in [-0.2, 0) is 9.59 Å². The monoisotopic (exact) mass is 290 g/mol. The molecule has 0 bridgehead atoms. The molecule has 2 rings (SSSR count). The Morgan fingerprint density at radius 1 is 1.14 bits per heavy atom. The van der Waals surface area contributed by atoms with Crippen molar-refractivity contribution in [2.75, 3.05) is 13.1 Å². The van der Waals surface area contributed by atoms with Gasteiger partial charge in [-0.05, 0) is 38.4 Å². The molecule has 0 aliphatic carbocycles. The van der Waals surface area contributed by atoms with E-state index in [2.05, 4.69) is 10.2 Å². The molecule has 1 aliphatic rings. The minimum atomic E-state index is -1.02. The highest BCUT2D eigenvalue weighted by atomic mass is 16.4. The number of hydrogen-bond acceptors (Lipinski definition) is 3. The summed E-state index contributed by atoms with van der Waals surface area (Å²) < 4.78 is 0. The van der Waals surface area contributed by atoms with Gasteiger partial charge in [-0.15, -0.1) is 0 Å². The van der Waals surface area contributed by atoms with Crippen LogP contribution < -0.4 is 5.32 Å². The molecule has 0 spiro atoms. The predicted octanol–water partition coefficient (Wildman–Crippen LogP) is 1.80. The number of nitrogens with one attached hydrogen (secondary N) is 1. The van der Waals surface area contributed by atoms with Crippen LogP contribution in [0.2, 0.25) is 0 Å². The van der Waals surface area contributed by atoms with Gasteiger partial charge in [0.1, 0.15) is 12.1 Å². The summed E-state index contributed by atoms with van der Waals surface area (Å²) in [5.74, 6) is -1.26. The summed E-state index contributed by atoms with van der Waals surface area (Å²) in [5.41, 5.74) is 0.912. The highest BCUT2D eigenvalue weighted by Gasteiger charge is 2.30. The fourth-order valence-electron chi connectivity index (χ4n) is 2.69. The van der Waals surface area contributed by atoms with Gasteiger partial charge in [-0.2, -0.15) is 0 Å². The first-order chi connectivity index (χ1) is 10.1. The molecule has 0 aromatic heterocycles. The molecule has 5 nitrogen and oxygen atoms in total. The van der Waals surface area contributed by atoms with Gasteiger partial charge in [0.15, 0.2) is 0 Å². The molecule has 2 unspecified atom stereocenters. The lowest BCUT2D eigenvalue weighted by Crippen LogP contribution is -2.47. The Morgan fingerprint density at radius 3 is 2.33 bits per heavy atom. The summed E-state index contributed by atoms with van der Waals surface area (Å²) in [7, 11) is 0. The minimum Gasteiger partial charge on any atom is -0.480 e. The Balaban J connectivity index is 2.19. The van der Waals surface area contributed by atoms with E-state index in [9.17, 15) is 9.59 Å². The Morgan fingerprint density at radius 2 is 1.76 bits per heavy atom. The van der Waals surface area contributed by atoms with Gasteiger partial charge in [-0.25, -0.2) is 0 Å². The predicted molar refractivity (Wildman–Crippen MR) is 79.8 cm³/mol. The highest BCUT2D eigenvalue weighted by molar-refractivity contribution is 5.87. The van der Waals surface area contributed by atoms with E-state index in [1.54, 1.807) is 0 Å². The third-order valence-electron chi connectivity index (χ3n) is 3.85. The second-order valence-corrected chi connectivity index (χ2v) is 5.48. The smallest absolute Gasteiger partial charge is 0.325 e. The van der Waals surface area contributed by atoms with E-state index in [4.69, 9.17) is 5.11 Å². The van der Waals surface area contributed by atoms with E-state index in [1.807, 2.05) is 30.3 Å². The van der Waals surface area contributed by atoms with Crippen LogP contribution in [0.4, 0.5) is 0 Å². The molecule has 1 aromatic rings. The number of aliphatic carboxylic acids is 1. The SMILES string of the molecule is CC(NC(=O)C(c1ccccc1)N1CCCCC1)C(=O)O. The molecule has 5 heteroatoms. The number of amides is 1. The van der Waals surface area contributed by atoms with Crippen molar-refractivity contribution in [2.45, 2.75) is 38.3 Å². The lowest BCUT2D eigenvalue weighted by molar-refractivity contribution is -0.142. The van der Waals surface area contributed by atoms with E-state index in [0.717, 1.165) is 31.5 Å². The number of hydrogen-bond donors (Lipinski definition) is 2. The Labute approximate surface area is 125 Å². The number of carboxylic acids is 1. The molecule has 1 fully saturated rings. The topological polar surface area (TPSA) is 69.6 Å². The first kappa shape index (κ1) is 15.5. The Kier molecular flexibility index (Phi) is 5.33. The van der Waals surface area contributed by atoms with Crippen molar-refractivity contribution in [1.82, 2.24) is 10.2 Å². The summed E-state index contributed by atoms with van der Waals surface area (Å²) >= 11 is 0. The van der Waals surface area contributed by atoms with Crippen LogP contribution in [0.25, 0.3) is 0 Å². The standard InChI is InChI=1S/C16H22N2O3/c1-12(16(20)21)17-15(19)14(13-8-4-2-5-9-13)18-10-6-3-7-11-18/h2,4-5,8-9,12,14H,3,6-7,10-11H2,1H3,(H,17,19)(H,20,21). The van der Waals surface area contributed by atoms with Gasteiger partial charge in [0.2, 0.25) is 5.91 Å². The lowest BCUT2D eigenvalue weighted by atomic mass is 10.0. The molecule has 1 aliphatic heterocycles. The third-order valence-corrected chi connectivity index (χ3v) is 3.85. The largest absolute Gasteiger partial charge is 0.480 e. The van der Waals surface area contributed by atoms with Crippen molar-refractivity contribution < 1.29 is 14.7 Å². The van der Waals surface area contributed by atoms with Crippen LogP contribution in [0.15, 0.2) is 30.3 Å². The van der Waals surface area contributed by atoms with Crippen LogP contribution in [0, 0.1) is 0 Å². The maximum atomic E-state index is 12.5. The van der Waals surface area contributed by atoms with Crippen molar-refractivity contribution in [2.24, 2.45) is 0 Å². The highest BCUT2D eigenvalue weighted by Crippen LogP contribution is 2.24. The van der Waals surface area contributed by atoms with Gasteiger partial charge in [0.05, 0.1) is 0 Å².